The molecule has 0 aliphatic carbocycles. The van der Waals surface area contributed by atoms with Crippen LogP contribution >= 0.6 is 0 Å². The molecule has 3 N–H and O–H groups in total. The van der Waals surface area contributed by atoms with Crippen LogP contribution in [0.3, 0.4) is 0 Å². The van der Waals surface area contributed by atoms with Gasteiger partial charge in [0.1, 0.15) is 11.6 Å². The zero-order valence-electron chi connectivity index (χ0n) is 15.4. The van der Waals surface area contributed by atoms with E-state index in [1.54, 1.807) is 19.1 Å². The first-order valence-electron chi connectivity index (χ1n) is 8.91. The van der Waals surface area contributed by atoms with Gasteiger partial charge in [0.25, 0.3) is 0 Å². The maximum Gasteiger partial charge on any atom is 0.335 e. The first-order chi connectivity index (χ1) is 13.8. The lowest BCUT2D eigenvalue weighted by molar-refractivity contribution is -0.116. The Morgan fingerprint density at radius 1 is 1.07 bits per heavy atom. The van der Waals surface area contributed by atoms with Crippen molar-refractivity contribution in [2.75, 3.05) is 5.32 Å². The van der Waals surface area contributed by atoms with Gasteiger partial charge in [0.15, 0.2) is 5.78 Å². The summed E-state index contributed by atoms with van der Waals surface area (Å²) in [6, 6.07) is 12.0. The molecular weight excluding hydrogens is 374 g/mol. The lowest BCUT2D eigenvalue weighted by atomic mass is 9.85. The first kappa shape index (κ1) is 18.4. The molecule has 1 aromatic heterocycles. The molecule has 0 saturated carbocycles. The number of carboxylic acid groups (broad SMARTS) is 1. The monoisotopic (exact) mass is 391 g/mol. The minimum absolute atomic E-state index is 0.00278. The van der Waals surface area contributed by atoms with Gasteiger partial charge in [-0.3, -0.25) is 9.59 Å². The topological polar surface area (TPSA) is 122 Å². The highest BCUT2D eigenvalue weighted by Gasteiger charge is 2.36. The van der Waals surface area contributed by atoms with Crippen molar-refractivity contribution in [3.05, 3.63) is 70.9 Å². The van der Waals surface area contributed by atoms with Crippen molar-refractivity contribution >= 4 is 23.5 Å². The summed E-state index contributed by atoms with van der Waals surface area (Å²) in [6.07, 6.45) is -0.00278. The summed E-state index contributed by atoms with van der Waals surface area (Å²) in [4.78, 5) is 36.5. The number of fused-ring (bicyclic) bond motifs is 1. The predicted octanol–water partition coefficient (Wildman–Crippen LogP) is 2.89. The number of hydrogen-bond donors (Lipinski definition) is 3. The van der Waals surface area contributed by atoms with Gasteiger partial charge in [-0.25, -0.2) is 9.48 Å². The summed E-state index contributed by atoms with van der Waals surface area (Å²) in [7, 11) is 0. The van der Waals surface area contributed by atoms with Crippen LogP contribution in [0.25, 0.3) is 5.69 Å². The number of nitrogens with zero attached hydrogens (tertiary/aromatic N) is 2. The van der Waals surface area contributed by atoms with E-state index >= 15 is 0 Å². The number of aromatic carboxylic acids is 1. The van der Waals surface area contributed by atoms with Crippen LogP contribution in [0.1, 0.15) is 44.3 Å². The van der Waals surface area contributed by atoms with E-state index in [2.05, 4.69) is 10.4 Å². The van der Waals surface area contributed by atoms with Crippen molar-refractivity contribution in [1.29, 1.82) is 0 Å². The van der Waals surface area contributed by atoms with Gasteiger partial charge in [-0.05, 0) is 55.5 Å². The third kappa shape index (κ3) is 3.25. The molecule has 0 bridgehead atoms. The number of nitrogens with one attached hydrogen (secondary N) is 1. The van der Waals surface area contributed by atoms with Crippen LogP contribution in [-0.2, 0) is 4.79 Å². The number of carbonyl (C=O) groups is 3. The second-order valence-electron chi connectivity index (χ2n) is 6.83. The predicted molar refractivity (Wildman–Crippen MR) is 104 cm³/mol. The van der Waals surface area contributed by atoms with Gasteiger partial charge in [0.05, 0.1) is 22.9 Å². The number of anilines is 1. The van der Waals surface area contributed by atoms with Crippen LogP contribution < -0.4 is 5.32 Å². The number of rotatable bonds is 4. The molecular formula is C21H17N3O5. The van der Waals surface area contributed by atoms with Crippen LogP contribution in [0.4, 0.5) is 5.82 Å². The van der Waals surface area contributed by atoms with Crippen molar-refractivity contribution in [3.63, 3.8) is 0 Å². The van der Waals surface area contributed by atoms with Gasteiger partial charge in [-0.1, -0.05) is 0 Å². The van der Waals surface area contributed by atoms with E-state index in [1.165, 1.54) is 41.1 Å². The third-order valence-corrected chi connectivity index (χ3v) is 4.93. The fourth-order valence-corrected chi connectivity index (χ4v) is 3.53. The standard InChI is InChI=1S/C21H17N3O5/c1-11-18-16(19(27)12-4-8-15(25)9-5-12)10-17(26)22-20(18)24(23-11)14-6-2-13(3-7-14)21(28)29/h2-9,16,25H,10H2,1H3,(H,22,26)(H,28,29). The van der Waals surface area contributed by atoms with Crippen LogP contribution in [0, 0.1) is 6.92 Å². The Labute approximate surface area is 165 Å². The molecule has 1 amide bonds. The summed E-state index contributed by atoms with van der Waals surface area (Å²) < 4.78 is 1.50. The van der Waals surface area contributed by atoms with Crippen molar-refractivity contribution in [1.82, 2.24) is 9.78 Å². The Morgan fingerprint density at radius 3 is 2.31 bits per heavy atom. The molecule has 8 heteroatoms. The van der Waals surface area contributed by atoms with E-state index in [4.69, 9.17) is 5.11 Å². The number of Topliss-reactive ketones (excluding diaryl/α,β-unsaturated/α-hetero) is 1. The maximum atomic E-state index is 13.1. The largest absolute Gasteiger partial charge is 0.508 e. The van der Waals surface area contributed by atoms with Gasteiger partial charge in [0, 0.05) is 17.5 Å². The number of phenolic OH excluding ortho intramolecular Hbond substituents is 1. The van der Waals surface area contributed by atoms with Gasteiger partial charge >= 0.3 is 5.97 Å². The van der Waals surface area contributed by atoms with E-state index < -0.39 is 11.9 Å². The second kappa shape index (κ2) is 6.90. The van der Waals surface area contributed by atoms with E-state index in [1.807, 2.05) is 0 Å². The summed E-state index contributed by atoms with van der Waals surface area (Å²) in [5.41, 5.74) is 2.32. The fraction of sp³-hybridized carbons (Fsp3) is 0.143. The molecule has 0 fully saturated rings. The van der Waals surface area contributed by atoms with Gasteiger partial charge in [0.2, 0.25) is 5.91 Å². The fourth-order valence-electron chi connectivity index (χ4n) is 3.53. The van der Waals surface area contributed by atoms with Crippen LogP contribution in [-0.4, -0.2) is 37.7 Å². The zero-order chi connectivity index (χ0) is 20.7. The average molecular weight is 391 g/mol. The molecule has 8 nitrogen and oxygen atoms in total. The third-order valence-electron chi connectivity index (χ3n) is 4.93. The molecule has 1 unspecified atom stereocenters. The molecule has 3 aromatic rings. The smallest absolute Gasteiger partial charge is 0.335 e. The Hall–Kier alpha value is -3.94. The van der Waals surface area contributed by atoms with Crippen molar-refractivity contribution in [2.45, 2.75) is 19.3 Å². The molecule has 29 heavy (non-hydrogen) atoms. The quantitative estimate of drug-likeness (QED) is 0.588. The molecule has 0 radical (unpaired) electrons. The van der Waals surface area contributed by atoms with Gasteiger partial charge < -0.3 is 15.5 Å². The normalized spacial score (nSPS) is 15.5. The zero-order valence-corrected chi connectivity index (χ0v) is 15.4. The Balaban J connectivity index is 1.78. The van der Waals surface area contributed by atoms with E-state index in [-0.39, 0.29) is 29.4 Å². The number of phenols is 1. The summed E-state index contributed by atoms with van der Waals surface area (Å²) in [5.74, 6) is -1.82. The highest BCUT2D eigenvalue weighted by Crippen LogP contribution is 2.38. The van der Waals surface area contributed by atoms with Crippen LogP contribution in [0.5, 0.6) is 5.75 Å². The number of carboxylic acids is 1. The molecule has 1 aliphatic heterocycles. The molecule has 0 spiro atoms. The summed E-state index contributed by atoms with van der Waals surface area (Å²) in [5, 5.41) is 25.8. The Kier molecular flexibility index (Phi) is 4.38. The number of ketones is 1. The lowest BCUT2D eigenvalue weighted by Gasteiger charge is -2.23. The number of aryl methyl sites for hydroxylation is 1. The van der Waals surface area contributed by atoms with Crippen LogP contribution in [0.15, 0.2) is 48.5 Å². The molecule has 1 aliphatic rings. The Morgan fingerprint density at radius 2 is 1.69 bits per heavy atom. The van der Waals surface area contributed by atoms with Crippen molar-refractivity contribution < 1.29 is 24.6 Å². The van der Waals surface area contributed by atoms with E-state index in [9.17, 15) is 19.5 Å². The number of carbonyl (C=O) groups excluding carboxylic acids is 2. The number of aromatic hydroxyl groups is 1. The molecule has 146 valence electrons. The van der Waals surface area contributed by atoms with E-state index in [0.29, 0.717) is 28.3 Å². The number of benzene rings is 2. The second-order valence-corrected chi connectivity index (χ2v) is 6.83. The number of aromatic nitrogens is 2. The molecule has 1 atom stereocenters. The minimum atomic E-state index is -1.04. The molecule has 0 saturated heterocycles. The highest BCUT2D eigenvalue weighted by atomic mass is 16.4. The van der Waals surface area contributed by atoms with Gasteiger partial charge in [-0.2, -0.15) is 5.10 Å². The minimum Gasteiger partial charge on any atom is -0.508 e. The SMILES string of the molecule is Cc1nn(-c2ccc(C(=O)O)cc2)c2c1C(C(=O)c1ccc(O)cc1)CC(=O)N2. The van der Waals surface area contributed by atoms with E-state index in [0.717, 1.165) is 0 Å². The van der Waals surface area contributed by atoms with Gasteiger partial charge in [-0.15, -0.1) is 0 Å². The highest BCUT2D eigenvalue weighted by molar-refractivity contribution is 6.08. The van der Waals surface area contributed by atoms with Crippen LogP contribution in [0.2, 0.25) is 0 Å². The molecule has 2 heterocycles. The number of amides is 1. The molecule has 4 rings (SSSR count). The van der Waals surface area contributed by atoms with Crippen molar-refractivity contribution in [3.8, 4) is 11.4 Å². The average Bonchev–Trinajstić information content (AvgIpc) is 3.03. The summed E-state index contributed by atoms with van der Waals surface area (Å²) in [6.45, 7) is 1.76. The summed E-state index contributed by atoms with van der Waals surface area (Å²) >= 11 is 0. The number of hydrogen-bond acceptors (Lipinski definition) is 5. The Bertz CT molecular complexity index is 1130. The molecule has 2 aromatic carbocycles. The van der Waals surface area contributed by atoms with Crippen molar-refractivity contribution in [2.24, 2.45) is 0 Å². The first-order valence-corrected chi connectivity index (χ1v) is 8.91. The lowest BCUT2D eigenvalue weighted by Crippen LogP contribution is -2.28. The maximum absolute atomic E-state index is 13.1.